The van der Waals surface area contributed by atoms with Crippen LogP contribution in [0.15, 0.2) is 18.2 Å². The predicted octanol–water partition coefficient (Wildman–Crippen LogP) is 1.41. The topological polar surface area (TPSA) is 66.2 Å². The zero-order valence-electron chi connectivity index (χ0n) is 10.6. The number of anilines is 2. The van der Waals surface area contributed by atoms with Crippen molar-refractivity contribution in [3.63, 3.8) is 0 Å². The Bertz CT molecular complexity index is 408. The molecule has 0 aromatic carbocycles. The Labute approximate surface area is 108 Å². The third kappa shape index (κ3) is 2.28. The van der Waals surface area contributed by atoms with Gasteiger partial charge in [0.15, 0.2) is 0 Å². The van der Waals surface area contributed by atoms with E-state index in [1.807, 2.05) is 18.2 Å². The number of hydrogen-bond donors (Lipinski definition) is 3. The molecule has 0 spiro atoms. The fraction of sp³-hybridized carbons (Fsp3) is 0.615. The third-order valence-corrected chi connectivity index (χ3v) is 4.09. The van der Waals surface area contributed by atoms with Crippen LogP contribution in [0, 0.1) is 0 Å². The summed E-state index contributed by atoms with van der Waals surface area (Å²) in [6.07, 6.45) is 5.24. The molecule has 1 aromatic rings. The molecule has 0 bridgehead atoms. The van der Waals surface area contributed by atoms with Crippen molar-refractivity contribution in [1.29, 1.82) is 0 Å². The average Bonchev–Trinajstić information content (AvgIpc) is 2.83. The highest BCUT2D eigenvalue weighted by atomic mass is 15.3. The predicted molar refractivity (Wildman–Crippen MR) is 73.3 cm³/mol. The first-order valence-corrected chi connectivity index (χ1v) is 6.81. The van der Waals surface area contributed by atoms with Crippen LogP contribution in [0.5, 0.6) is 0 Å². The van der Waals surface area contributed by atoms with E-state index in [-0.39, 0.29) is 0 Å². The van der Waals surface area contributed by atoms with Crippen LogP contribution in [0.4, 0.5) is 11.6 Å². The summed E-state index contributed by atoms with van der Waals surface area (Å²) < 4.78 is 0. The second-order valence-corrected chi connectivity index (χ2v) is 5.19. The van der Waals surface area contributed by atoms with Gasteiger partial charge in [-0.1, -0.05) is 12.5 Å². The number of nitrogens with two attached hydrogens (primary N) is 1. The number of aromatic nitrogens is 1. The molecule has 2 fully saturated rings. The molecular weight excluding hydrogens is 226 g/mol. The van der Waals surface area contributed by atoms with Gasteiger partial charge in [0.05, 0.1) is 0 Å². The fourth-order valence-electron chi connectivity index (χ4n) is 3.20. The number of rotatable bonds is 3. The first-order chi connectivity index (χ1) is 8.86. The van der Waals surface area contributed by atoms with Crippen LogP contribution in [-0.2, 0) is 0 Å². The minimum absolute atomic E-state index is 0.533. The molecule has 98 valence electrons. The second kappa shape index (κ2) is 5.12. The van der Waals surface area contributed by atoms with Crippen LogP contribution in [0.3, 0.4) is 0 Å². The van der Waals surface area contributed by atoms with Crippen molar-refractivity contribution in [1.82, 2.24) is 9.88 Å². The number of piperidine rings is 1. The lowest BCUT2D eigenvalue weighted by Gasteiger charge is -2.32. The Balaban J connectivity index is 1.68. The van der Waals surface area contributed by atoms with Crippen molar-refractivity contribution < 1.29 is 0 Å². The van der Waals surface area contributed by atoms with E-state index in [1.165, 1.54) is 38.8 Å². The summed E-state index contributed by atoms with van der Waals surface area (Å²) in [5.74, 6) is 7.01. The molecule has 3 rings (SSSR count). The lowest BCUT2D eigenvalue weighted by atomic mass is 9.99. The molecule has 2 atom stereocenters. The van der Waals surface area contributed by atoms with Gasteiger partial charge in [-0.05, 0) is 37.9 Å². The summed E-state index contributed by atoms with van der Waals surface area (Å²) in [6, 6.07) is 7.07. The van der Waals surface area contributed by atoms with Gasteiger partial charge in [0.2, 0.25) is 0 Å². The van der Waals surface area contributed by atoms with E-state index in [1.54, 1.807) is 0 Å². The Morgan fingerprint density at radius 1 is 1.17 bits per heavy atom. The third-order valence-electron chi connectivity index (χ3n) is 4.09. The molecule has 1 aromatic heterocycles. The maximum Gasteiger partial charge on any atom is 0.142 e. The summed E-state index contributed by atoms with van der Waals surface area (Å²) in [7, 11) is 0. The Morgan fingerprint density at radius 3 is 2.94 bits per heavy atom. The van der Waals surface area contributed by atoms with Crippen molar-refractivity contribution >= 4 is 11.6 Å². The maximum atomic E-state index is 5.38. The number of fused-ring (bicyclic) bond motifs is 1. The van der Waals surface area contributed by atoms with E-state index in [2.05, 4.69) is 20.6 Å². The molecule has 5 nitrogen and oxygen atoms in total. The number of hydrazine groups is 1. The Kier molecular flexibility index (Phi) is 3.34. The molecule has 0 amide bonds. The van der Waals surface area contributed by atoms with Crippen LogP contribution in [-0.4, -0.2) is 35.1 Å². The summed E-state index contributed by atoms with van der Waals surface area (Å²) in [6.45, 7) is 2.48. The van der Waals surface area contributed by atoms with Gasteiger partial charge in [-0.3, -0.25) is 4.90 Å². The van der Waals surface area contributed by atoms with E-state index in [4.69, 9.17) is 5.84 Å². The number of nitrogens with zero attached hydrogens (tertiary/aromatic N) is 2. The van der Waals surface area contributed by atoms with Gasteiger partial charge in [0.1, 0.15) is 11.6 Å². The highest BCUT2D eigenvalue weighted by Crippen LogP contribution is 2.29. The summed E-state index contributed by atoms with van der Waals surface area (Å²) in [5, 5.41) is 3.57. The van der Waals surface area contributed by atoms with E-state index < -0.39 is 0 Å². The Hall–Kier alpha value is -1.33. The quantitative estimate of drug-likeness (QED) is 0.556. The first-order valence-electron chi connectivity index (χ1n) is 6.81. The van der Waals surface area contributed by atoms with Crippen LogP contribution in [0.25, 0.3) is 0 Å². The zero-order chi connectivity index (χ0) is 12.4. The van der Waals surface area contributed by atoms with Gasteiger partial charge in [-0.2, -0.15) is 0 Å². The van der Waals surface area contributed by atoms with Gasteiger partial charge in [-0.25, -0.2) is 10.8 Å². The van der Waals surface area contributed by atoms with Gasteiger partial charge >= 0.3 is 0 Å². The number of nitrogen functional groups attached to an aromatic ring is 1. The SMILES string of the molecule is NNc1cccc(NC2CCN3CCCCC23)n1. The molecule has 0 saturated carbocycles. The summed E-state index contributed by atoms with van der Waals surface area (Å²) in [4.78, 5) is 7.04. The summed E-state index contributed by atoms with van der Waals surface area (Å²) in [5.41, 5.74) is 2.59. The van der Waals surface area contributed by atoms with Crippen molar-refractivity contribution in [2.75, 3.05) is 23.8 Å². The minimum atomic E-state index is 0.533. The van der Waals surface area contributed by atoms with Crippen molar-refractivity contribution in [2.45, 2.75) is 37.8 Å². The Morgan fingerprint density at radius 2 is 2.06 bits per heavy atom. The van der Waals surface area contributed by atoms with Crippen LogP contribution < -0.4 is 16.6 Å². The van der Waals surface area contributed by atoms with E-state index >= 15 is 0 Å². The number of nitrogens with one attached hydrogen (secondary N) is 2. The maximum absolute atomic E-state index is 5.38. The second-order valence-electron chi connectivity index (χ2n) is 5.19. The van der Waals surface area contributed by atoms with Crippen molar-refractivity contribution in [2.24, 2.45) is 5.84 Å². The molecule has 2 saturated heterocycles. The van der Waals surface area contributed by atoms with Crippen LogP contribution in [0.1, 0.15) is 25.7 Å². The molecule has 3 heterocycles. The minimum Gasteiger partial charge on any atom is -0.366 e. The van der Waals surface area contributed by atoms with E-state index in [0.717, 1.165) is 5.82 Å². The monoisotopic (exact) mass is 247 g/mol. The highest BCUT2D eigenvalue weighted by Gasteiger charge is 2.35. The largest absolute Gasteiger partial charge is 0.366 e. The van der Waals surface area contributed by atoms with Crippen molar-refractivity contribution in [3.8, 4) is 0 Å². The molecular formula is C13H21N5. The fourth-order valence-corrected chi connectivity index (χ4v) is 3.20. The van der Waals surface area contributed by atoms with Gasteiger partial charge < -0.3 is 10.7 Å². The lowest BCUT2D eigenvalue weighted by molar-refractivity contribution is 0.192. The van der Waals surface area contributed by atoms with E-state index in [9.17, 15) is 0 Å². The first kappa shape index (κ1) is 11.7. The lowest BCUT2D eigenvalue weighted by Crippen LogP contribution is -2.41. The molecule has 0 radical (unpaired) electrons. The molecule has 5 heteroatoms. The van der Waals surface area contributed by atoms with Crippen LogP contribution in [0.2, 0.25) is 0 Å². The average molecular weight is 247 g/mol. The van der Waals surface area contributed by atoms with Crippen molar-refractivity contribution in [3.05, 3.63) is 18.2 Å². The van der Waals surface area contributed by atoms with Gasteiger partial charge in [0.25, 0.3) is 0 Å². The molecule has 2 unspecified atom stereocenters. The van der Waals surface area contributed by atoms with Gasteiger partial charge in [0, 0.05) is 18.6 Å². The number of pyridine rings is 1. The molecule has 0 aliphatic carbocycles. The standard InChI is InChI=1S/C13H21N5/c14-17-13-6-3-5-12(16-13)15-10-7-9-18-8-2-1-4-11(10)18/h3,5-6,10-11H,1-2,4,7-9,14H2,(H2,15,16,17). The highest BCUT2D eigenvalue weighted by molar-refractivity contribution is 5.45. The van der Waals surface area contributed by atoms with E-state index in [0.29, 0.717) is 17.9 Å². The molecule has 4 N–H and O–H groups in total. The zero-order valence-corrected chi connectivity index (χ0v) is 10.6. The normalized spacial score (nSPS) is 27.8. The molecule has 2 aliphatic rings. The van der Waals surface area contributed by atoms with Gasteiger partial charge in [-0.15, -0.1) is 0 Å². The summed E-state index contributed by atoms with van der Waals surface area (Å²) >= 11 is 0. The smallest absolute Gasteiger partial charge is 0.142 e. The molecule has 18 heavy (non-hydrogen) atoms. The van der Waals surface area contributed by atoms with Crippen LogP contribution >= 0.6 is 0 Å². The number of hydrogen-bond acceptors (Lipinski definition) is 5. The molecule has 2 aliphatic heterocycles.